The van der Waals surface area contributed by atoms with Gasteiger partial charge in [-0.25, -0.2) is 0 Å². The number of piperidine rings is 1. The Hall–Kier alpha value is -0.810. The molecule has 1 atom stereocenters. The zero-order valence-corrected chi connectivity index (χ0v) is 15.7. The lowest BCUT2D eigenvalue weighted by molar-refractivity contribution is -0.144. The second-order valence-electron chi connectivity index (χ2n) is 6.51. The monoisotopic (exact) mass is 347 g/mol. The topological polar surface area (TPSA) is 75.4 Å². The summed E-state index contributed by atoms with van der Waals surface area (Å²) in [5.74, 6) is 0.677. The van der Waals surface area contributed by atoms with E-state index in [0.29, 0.717) is 25.4 Å². The van der Waals surface area contributed by atoms with Gasteiger partial charge in [-0.15, -0.1) is 12.4 Å². The van der Waals surface area contributed by atoms with Crippen LogP contribution in [-0.2, 0) is 9.59 Å². The Morgan fingerprint density at radius 3 is 2.43 bits per heavy atom. The predicted octanol–water partition coefficient (Wildman–Crippen LogP) is 2.33. The van der Waals surface area contributed by atoms with Gasteiger partial charge in [0.1, 0.15) is 0 Å². The van der Waals surface area contributed by atoms with Crippen LogP contribution in [0.5, 0.6) is 0 Å². The smallest absolute Gasteiger partial charge is 0.230 e. The first-order valence-corrected chi connectivity index (χ1v) is 8.79. The molecule has 0 spiro atoms. The maximum atomic E-state index is 12.9. The Labute approximate surface area is 147 Å². The van der Waals surface area contributed by atoms with Crippen LogP contribution in [0.4, 0.5) is 0 Å². The number of nitrogens with zero attached hydrogens (tertiary/aromatic N) is 1. The molecular weight excluding hydrogens is 314 g/mol. The molecule has 1 fully saturated rings. The van der Waals surface area contributed by atoms with Crippen molar-refractivity contribution in [2.45, 2.75) is 59.3 Å². The van der Waals surface area contributed by atoms with Crippen molar-refractivity contribution in [3.63, 3.8) is 0 Å². The summed E-state index contributed by atoms with van der Waals surface area (Å²) in [6.45, 7) is 8.74. The van der Waals surface area contributed by atoms with E-state index in [0.717, 1.165) is 45.2 Å². The minimum atomic E-state index is -0.409. The van der Waals surface area contributed by atoms with Gasteiger partial charge < -0.3 is 16.0 Å². The van der Waals surface area contributed by atoms with Gasteiger partial charge in [0.25, 0.3) is 0 Å². The highest BCUT2D eigenvalue weighted by Gasteiger charge is 2.38. The lowest BCUT2D eigenvalue weighted by atomic mass is 9.80. The molecule has 5 nitrogen and oxygen atoms in total. The summed E-state index contributed by atoms with van der Waals surface area (Å²) in [4.78, 5) is 26.4. The van der Waals surface area contributed by atoms with Crippen molar-refractivity contribution in [1.29, 1.82) is 0 Å². The summed E-state index contributed by atoms with van der Waals surface area (Å²) >= 11 is 0. The molecule has 1 aliphatic rings. The zero-order chi connectivity index (χ0) is 16.6. The summed E-state index contributed by atoms with van der Waals surface area (Å²) in [5, 5.41) is 2.99. The van der Waals surface area contributed by atoms with Crippen molar-refractivity contribution in [3.8, 4) is 0 Å². The van der Waals surface area contributed by atoms with Crippen molar-refractivity contribution in [1.82, 2.24) is 10.2 Å². The maximum Gasteiger partial charge on any atom is 0.230 e. The Morgan fingerprint density at radius 1 is 1.26 bits per heavy atom. The molecule has 3 N–H and O–H groups in total. The van der Waals surface area contributed by atoms with Gasteiger partial charge in [-0.3, -0.25) is 9.59 Å². The summed E-state index contributed by atoms with van der Waals surface area (Å²) < 4.78 is 0. The average molecular weight is 348 g/mol. The molecule has 23 heavy (non-hydrogen) atoms. The van der Waals surface area contributed by atoms with E-state index in [2.05, 4.69) is 5.32 Å². The molecule has 1 unspecified atom stereocenters. The van der Waals surface area contributed by atoms with Crippen molar-refractivity contribution >= 4 is 24.2 Å². The van der Waals surface area contributed by atoms with E-state index in [9.17, 15) is 9.59 Å². The van der Waals surface area contributed by atoms with Gasteiger partial charge in [-0.05, 0) is 38.0 Å². The number of likely N-dealkylation sites (tertiary alicyclic amines) is 1. The van der Waals surface area contributed by atoms with Crippen LogP contribution in [0, 0.1) is 11.3 Å². The Morgan fingerprint density at radius 2 is 1.91 bits per heavy atom. The molecule has 1 aliphatic heterocycles. The second kappa shape index (κ2) is 10.9. The van der Waals surface area contributed by atoms with Crippen LogP contribution >= 0.6 is 12.4 Å². The number of nitrogens with one attached hydrogen (secondary N) is 1. The molecule has 1 heterocycles. The lowest BCUT2D eigenvalue weighted by Crippen LogP contribution is -2.51. The van der Waals surface area contributed by atoms with Crippen molar-refractivity contribution in [2.24, 2.45) is 17.1 Å². The van der Waals surface area contributed by atoms with Gasteiger partial charge in [0.2, 0.25) is 11.8 Å². The summed E-state index contributed by atoms with van der Waals surface area (Å²) in [6, 6.07) is 0. The van der Waals surface area contributed by atoms with Crippen molar-refractivity contribution in [3.05, 3.63) is 0 Å². The van der Waals surface area contributed by atoms with Crippen LogP contribution in [0.2, 0.25) is 0 Å². The van der Waals surface area contributed by atoms with E-state index in [-0.39, 0.29) is 24.2 Å². The Bertz CT molecular complexity index is 365. The molecule has 0 aromatic carbocycles. The average Bonchev–Trinajstić information content (AvgIpc) is 2.55. The maximum absolute atomic E-state index is 12.9. The predicted molar refractivity (Wildman–Crippen MR) is 96.5 cm³/mol. The molecule has 1 rings (SSSR count). The Kier molecular flexibility index (Phi) is 10.5. The van der Waals surface area contributed by atoms with Crippen LogP contribution < -0.4 is 11.1 Å². The van der Waals surface area contributed by atoms with Gasteiger partial charge in [-0.1, -0.05) is 20.8 Å². The van der Waals surface area contributed by atoms with Gasteiger partial charge in [0, 0.05) is 32.6 Å². The minimum absolute atomic E-state index is 0. The third-order valence-corrected chi connectivity index (χ3v) is 5.07. The van der Waals surface area contributed by atoms with Crippen LogP contribution in [0.25, 0.3) is 0 Å². The van der Waals surface area contributed by atoms with Crippen molar-refractivity contribution < 1.29 is 9.59 Å². The first-order valence-electron chi connectivity index (χ1n) is 8.79. The number of hydrogen-bond acceptors (Lipinski definition) is 3. The van der Waals surface area contributed by atoms with E-state index in [4.69, 9.17) is 5.73 Å². The van der Waals surface area contributed by atoms with Crippen molar-refractivity contribution in [2.75, 3.05) is 26.2 Å². The fourth-order valence-electron chi connectivity index (χ4n) is 3.25. The number of nitrogens with two attached hydrogens (primary N) is 1. The number of hydrogen-bond donors (Lipinski definition) is 2. The number of rotatable bonds is 8. The molecule has 0 aliphatic carbocycles. The van der Waals surface area contributed by atoms with Gasteiger partial charge in [0.15, 0.2) is 0 Å². The lowest BCUT2D eigenvalue weighted by Gasteiger charge is -2.39. The molecule has 1 saturated heterocycles. The number of halogens is 1. The highest BCUT2D eigenvalue weighted by molar-refractivity contribution is 5.85. The van der Waals surface area contributed by atoms with E-state index in [1.54, 1.807) is 0 Å². The fraction of sp³-hybridized carbons (Fsp3) is 0.882. The summed E-state index contributed by atoms with van der Waals surface area (Å²) in [5.41, 5.74) is 5.49. The Balaban J connectivity index is 0.00000484. The quantitative estimate of drug-likeness (QED) is 0.707. The molecule has 2 amide bonds. The van der Waals surface area contributed by atoms with Crippen LogP contribution in [0.3, 0.4) is 0 Å². The molecule has 0 bridgehead atoms. The largest absolute Gasteiger partial charge is 0.356 e. The summed E-state index contributed by atoms with van der Waals surface area (Å²) in [7, 11) is 0. The third-order valence-electron chi connectivity index (χ3n) is 5.07. The van der Waals surface area contributed by atoms with Crippen LogP contribution in [0.1, 0.15) is 59.3 Å². The number of carbonyl (C=O) groups is 2. The fourth-order valence-corrected chi connectivity index (χ4v) is 3.25. The molecule has 0 saturated carbocycles. The highest BCUT2D eigenvalue weighted by atomic mass is 35.5. The molecule has 0 radical (unpaired) electrons. The molecule has 0 aromatic heterocycles. The molecular formula is C17H34ClN3O2. The first-order chi connectivity index (χ1) is 10.5. The second-order valence-corrected chi connectivity index (χ2v) is 6.51. The summed E-state index contributed by atoms with van der Waals surface area (Å²) in [6.07, 6.45) is 5.10. The SMILES string of the molecule is CCCC(=O)NCC1CCCN(C(=O)C(CC)(CC)CN)C1.Cl. The van der Waals surface area contributed by atoms with E-state index in [1.807, 2.05) is 25.7 Å². The number of amides is 2. The van der Waals surface area contributed by atoms with Gasteiger partial charge in [-0.2, -0.15) is 0 Å². The number of carbonyl (C=O) groups excluding carboxylic acids is 2. The minimum Gasteiger partial charge on any atom is -0.356 e. The zero-order valence-electron chi connectivity index (χ0n) is 14.9. The van der Waals surface area contributed by atoms with E-state index >= 15 is 0 Å². The van der Waals surface area contributed by atoms with Crippen LogP contribution in [0.15, 0.2) is 0 Å². The normalized spacial score (nSPS) is 18.3. The van der Waals surface area contributed by atoms with E-state index in [1.165, 1.54) is 0 Å². The molecule has 0 aromatic rings. The van der Waals surface area contributed by atoms with E-state index < -0.39 is 5.41 Å². The van der Waals surface area contributed by atoms with Gasteiger partial charge >= 0.3 is 0 Å². The van der Waals surface area contributed by atoms with Gasteiger partial charge in [0.05, 0.1) is 5.41 Å². The molecule has 136 valence electrons. The molecule has 6 heteroatoms. The first kappa shape index (κ1) is 22.2. The van der Waals surface area contributed by atoms with Crippen LogP contribution in [-0.4, -0.2) is 42.9 Å². The highest BCUT2D eigenvalue weighted by Crippen LogP contribution is 2.30. The third kappa shape index (κ3) is 5.96. The standard InChI is InChI=1S/C17H33N3O2.ClH/c1-4-8-15(21)19-11-14-9-7-10-20(12-14)16(22)17(5-2,6-3)13-18;/h14H,4-13,18H2,1-3H3,(H,19,21);1H.